The summed E-state index contributed by atoms with van der Waals surface area (Å²) in [6.07, 6.45) is 0. The summed E-state index contributed by atoms with van der Waals surface area (Å²) >= 11 is 1.87. The first-order chi connectivity index (χ1) is 25.5. The first-order valence-electron chi connectivity index (χ1n) is 17.9. The van der Waals surface area contributed by atoms with E-state index in [1.165, 1.54) is 64.3 Å². The van der Waals surface area contributed by atoms with Gasteiger partial charge in [-0.3, -0.25) is 0 Å². The quantitative estimate of drug-likeness (QED) is 0.184. The van der Waals surface area contributed by atoms with E-state index in [0.717, 1.165) is 39.0 Å². The Balaban J connectivity index is 1.06. The molecular weight excluding hydrogens is 651 g/mol. The zero-order valence-corrected chi connectivity index (χ0v) is 29.7. The van der Waals surface area contributed by atoms with Gasteiger partial charge in [0.05, 0.1) is 0 Å². The van der Waals surface area contributed by atoms with E-state index in [-0.39, 0.29) is 5.41 Å². The molecule has 0 radical (unpaired) electrons. The monoisotopic (exact) mass is 683 g/mol. The van der Waals surface area contributed by atoms with Crippen LogP contribution in [0.2, 0.25) is 0 Å². The SMILES string of the molecule is CC1(C)c2ccccc2-c2ccc(N(c3ccc(-c4ccc5ccc6sc7ccccc7c6c5c4)cc3)c3ccc4c(c3)oc3ccccc34)cc21. The highest BCUT2D eigenvalue weighted by Gasteiger charge is 2.35. The second-order valence-electron chi connectivity index (χ2n) is 14.5. The van der Waals surface area contributed by atoms with Gasteiger partial charge in [-0.25, -0.2) is 0 Å². The fourth-order valence-electron chi connectivity index (χ4n) is 8.66. The van der Waals surface area contributed by atoms with E-state index in [0.29, 0.717) is 0 Å². The standard InChI is InChI=1S/C49H33NOS/c1-49(2)42-12-6-3-9-36(42)37-24-22-34(28-43(37)49)50(35-23-25-39-38-10-4-7-13-44(38)51-45(39)29-35)33-20-17-30(18-21-33)32-16-15-31-19-26-47-48(41(31)27-32)40-11-5-8-14-46(40)52-47/h3-29H,1-2H3. The summed E-state index contributed by atoms with van der Waals surface area (Å²) in [7, 11) is 0. The summed E-state index contributed by atoms with van der Waals surface area (Å²) in [5, 5.41) is 7.53. The van der Waals surface area contributed by atoms with Gasteiger partial charge in [0.1, 0.15) is 11.2 Å². The Morgan fingerprint density at radius 3 is 2.04 bits per heavy atom. The van der Waals surface area contributed by atoms with Crippen LogP contribution in [0.3, 0.4) is 0 Å². The first-order valence-corrected chi connectivity index (χ1v) is 18.7. The van der Waals surface area contributed by atoms with Crippen LogP contribution in [0, 0.1) is 0 Å². The molecule has 0 unspecified atom stereocenters. The number of thiophene rings is 1. The Morgan fingerprint density at radius 2 is 1.13 bits per heavy atom. The molecule has 10 aromatic rings. The van der Waals surface area contributed by atoms with Crippen molar-refractivity contribution in [1.29, 1.82) is 0 Å². The van der Waals surface area contributed by atoms with Crippen LogP contribution in [0.5, 0.6) is 0 Å². The number of hydrogen-bond acceptors (Lipinski definition) is 3. The average molecular weight is 684 g/mol. The molecule has 0 aliphatic heterocycles. The van der Waals surface area contributed by atoms with E-state index in [1.807, 2.05) is 23.5 Å². The van der Waals surface area contributed by atoms with Crippen LogP contribution >= 0.6 is 11.3 Å². The van der Waals surface area contributed by atoms with E-state index in [4.69, 9.17) is 4.42 Å². The number of rotatable bonds is 4. The van der Waals surface area contributed by atoms with Crippen molar-refractivity contribution in [1.82, 2.24) is 0 Å². The lowest BCUT2D eigenvalue weighted by molar-refractivity contribution is 0.660. The Bertz CT molecular complexity index is 3050. The van der Waals surface area contributed by atoms with Crippen molar-refractivity contribution in [3.05, 3.63) is 175 Å². The smallest absolute Gasteiger partial charge is 0.137 e. The highest BCUT2D eigenvalue weighted by molar-refractivity contribution is 7.26. The molecule has 246 valence electrons. The summed E-state index contributed by atoms with van der Waals surface area (Å²) < 4.78 is 9.07. The number of furan rings is 1. The van der Waals surface area contributed by atoms with E-state index >= 15 is 0 Å². The maximum atomic E-state index is 6.40. The molecule has 1 aliphatic rings. The third kappa shape index (κ3) is 4.30. The lowest BCUT2D eigenvalue weighted by Crippen LogP contribution is -2.16. The fraction of sp³-hybridized carbons (Fsp3) is 0.0612. The molecule has 1 aliphatic carbocycles. The highest BCUT2D eigenvalue weighted by Crippen LogP contribution is 2.51. The number of benzene rings is 8. The van der Waals surface area contributed by atoms with Gasteiger partial charge in [0.25, 0.3) is 0 Å². The van der Waals surface area contributed by atoms with Crippen LogP contribution in [-0.4, -0.2) is 0 Å². The number of para-hydroxylation sites is 1. The summed E-state index contributed by atoms with van der Waals surface area (Å²) in [5.41, 5.74) is 12.8. The van der Waals surface area contributed by atoms with Gasteiger partial charge >= 0.3 is 0 Å². The summed E-state index contributed by atoms with van der Waals surface area (Å²) in [5.74, 6) is 0. The zero-order chi connectivity index (χ0) is 34.6. The minimum absolute atomic E-state index is 0.102. The van der Waals surface area contributed by atoms with Crippen molar-refractivity contribution in [3.8, 4) is 22.3 Å². The van der Waals surface area contributed by atoms with Crippen molar-refractivity contribution in [2.45, 2.75) is 19.3 Å². The molecule has 11 rings (SSSR count). The van der Waals surface area contributed by atoms with Crippen molar-refractivity contribution in [2.24, 2.45) is 0 Å². The molecule has 0 saturated carbocycles. The van der Waals surface area contributed by atoms with Crippen molar-refractivity contribution in [2.75, 3.05) is 4.90 Å². The predicted octanol–water partition coefficient (Wildman–Crippen LogP) is 14.6. The molecule has 3 heteroatoms. The van der Waals surface area contributed by atoms with Crippen molar-refractivity contribution >= 4 is 81.3 Å². The second kappa shape index (κ2) is 10.9. The van der Waals surface area contributed by atoms with Gasteiger partial charge in [0.2, 0.25) is 0 Å². The molecule has 52 heavy (non-hydrogen) atoms. The molecule has 2 aromatic heterocycles. The van der Waals surface area contributed by atoms with E-state index < -0.39 is 0 Å². The summed E-state index contributed by atoms with van der Waals surface area (Å²) in [4.78, 5) is 2.37. The maximum Gasteiger partial charge on any atom is 0.137 e. The summed E-state index contributed by atoms with van der Waals surface area (Å²) in [6.45, 7) is 4.69. The van der Waals surface area contributed by atoms with Gasteiger partial charge in [-0.15, -0.1) is 11.3 Å². The number of fused-ring (bicyclic) bond motifs is 11. The molecular formula is C49H33NOS. The summed E-state index contributed by atoms with van der Waals surface area (Å²) in [6, 6.07) is 60.0. The number of anilines is 3. The largest absolute Gasteiger partial charge is 0.456 e. The van der Waals surface area contributed by atoms with Crippen LogP contribution in [0.1, 0.15) is 25.0 Å². The van der Waals surface area contributed by atoms with Crippen molar-refractivity contribution in [3.63, 3.8) is 0 Å². The molecule has 0 atom stereocenters. The zero-order valence-electron chi connectivity index (χ0n) is 28.9. The number of hydrogen-bond donors (Lipinski definition) is 0. The topological polar surface area (TPSA) is 16.4 Å². The second-order valence-corrected chi connectivity index (χ2v) is 15.6. The minimum Gasteiger partial charge on any atom is -0.456 e. The van der Waals surface area contributed by atoms with Gasteiger partial charge in [0.15, 0.2) is 0 Å². The first kappa shape index (κ1) is 29.6. The molecule has 0 fully saturated rings. The average Bonchev–Trinajstić information content (AvgIpc) is 3.83. The molecule has 0 amide bonds. The molecule has 0 bridgehead atoms. The van der Waals surface area contributed by atoms with Crippen molar-refractivity contribution < 1.29 is 4.42 Å². The lowest BCUT2D eigenvalue weighted by Gasteiger charge is -2.28. The molecule has 0 spiro atoms. The van der Waals surface area contributed by atoms with Crippen LogP contribution in [-0.2, 0) is 5.41 Å². The molecule has 0 saturated heterocycles. The normalized spacial score (nSPS) is 13.3. The van der Waals surface area contributed by atoms with Crippen LogP contribution in [0.25, 0.3) is 75.1 Å². The van der Waals surface area contributed by atoms with E-state index in [9.17, 15) is 0 Å². The third-order valence-electron chi connectivity index (χ3n) is 11.3. The van der Waals surface area contributed by atoms with Gasteiger partial charge in [-0.2, -0.15) is 0 Å². The van der Waals surface area contributed by atoms with Crippen LogP contribution < -0.4 is 4.90 Å². The number of nitrogens with zero attached hydrogens (tertiary/aromatic N) is 1. The molecule has 2 nitrogen and oxygen atoms in total. The third-order valence-corrected chi connectivity index (χ3v) is 12.4. The van der Waals surface area contributed by atoms with Gasteiger partial charge in [-0.1, -0.05) is 111 Å². The minimum atomic E-state index is -0.102. The van der Waals surface area contributed by atoms with E-state index in [2.05, 4.69) is 170 Å². The molecule has 2 heterocycles. The molecule has 8 aromatic carbocycles. The Hall–Kier alpha value is -6.16. The highest BCUT2D eigenvalue weighted by atomic mass is 32.1. The Morgan fingerprint density at radius 1 is 0.462 bits per heavy atom. The lowest BCUT2D eigenvalue weighted by atomic mass is 9.82. The predicted molar refractivity (Wildman–Crippen MR) is 222 cm³/mol. The Kier molecular flexibility index (Phi) is 6.21. The van der Waals surface area contributed by atoms with Crippen LogP contribution in [0.15, 0.2) is 168 Å². The molecule has 0 N–H and O–H groups in total. The van der Waals surface area contributed by atoms with Gasteiger partial charge in [-0.05, 0) is 105 Å². The maximum absolute atomic E-state index is 6.40. The van der Waals surface area contributed by atoms with Crippen LogP contribution in [0.4, 0.5) is 17.1 Å². The van der Waals surface area contributed by atoms with Gasteiger partial charge < -0.3 is 9.32 Å². The van der Waals surface area contributed by atoms with E-state index in [1.54, 1.807) is 0 Å². The fourth-order valence-corrected chi connectivity index (χ4v) is 9.78. The Labute approximate surface area is 305 Å². The van der Waals surface area contributed by atoms with Gasteiger partial charge in [0, 0.05) is 59.5 Å².